The number of carbonyl (C=O) groups excluding carboxylic acids is 2. The molecular formula is C21H14BrN3O5. The van der Waals surface area contributed by atoms with Gasteiger partial charge >= 0.3 is 5.97 Å². The molecule has 1 N–H and O–H groups in total. The summed E-state index contributed by atoms with van der Waals surface area (Å²) in [6.45, 7) is 0. The third-order valence-corrected chi connectivity index (χ3v) is 4.37. The number of carbonyl (C=O) groups is 2. The van der Waals surface area contributed by atoms with Gasteiger partial charge in [0.25, 0.3) is 11.6 Å². The Labute approximate surface area is 179 Å². The van der Waals surface area contributed by atoms with Crippen LogP contribution in [-0.4, -0.2) is 23.0 Å². The van der Waals surface area contributed by atoms with Crippen LogP contribution in [0.5, 0.6) is 5.75 Å². The number of amides is 1. The zero-order valence-corrected chi connectivity index (χ0v) is 16.9. The maximum Gasteiger partial charge on any atom is 0.343 e. The lowest BCUT2D eigenvalue weighted by Crippen LogP contribution is -2.18. The predicted molar refractivity (Wildman–Crippen MR) is 114 cm³/mol. The van der Waals surface area contributed by atoms with Crippen molar-refractivity contribution in [1.29, 1.82) is 0 Å². The molecule has 0 bridgehead atoms. The lowest BCUT2D eigenvalue weighted by molar-refractivity contribution is -0.384. The summed E-state index contributed by atoms with van der Waals surface area (Å²) in [7, 11) is 0. The fourth-order valence-electron chi connectivity index (χ4n) is 2.43. The van der Waals surface area contributed by atoms with E-state index in [0.29, 0.717) is 15.6 Å². The lowest BCUT2D eigenvalue weighted by atomic mass is 10.2. The Morgan fingerprint density at radius 1 is 1.00 bits per heavy atom. The number of nitro benzene ring substituents is 1. The maximum atomic E-state index is 12.3. The lowest BCUT2D eigenvalue weighted by Gasteiger charge is -2.08. The van der Waals surface area contributed by atoms with Gasteiger partial charge in [-0.05, 0) is 36.4 Å². The van der Waals surface area contributed by atoms with E-state index in [-0.39, 0.29) is 17.0 Å². The highest BCUT2D eigenvalue weighted by Crippen LogP contribution is 2.23. The minimum absolute atomic E-state index is 0.0892. The molecular weight excluding hydrogens is 454 g/mol. The van der Waals surface area contributed by atoms with Crippen molar-refractivity contribution in [2.24, 2.45) is 5.10 Å². The zero-order valence-electron chi connectivity index (χ0n) is 15.3. The Kier molecular flexibility index (Phi) is 6.66. The molecule has 0 fully saturated rings. The Bertz CT molecular complexity index is 1130. The highest BCUT2D eigenvalue weighted by atomic mass is 79.9. The van der Waals surface area contributed by atoms with Crippen molar-refractivity contribution in [3.63, 3.8) is 0 Å². The van der Waals surface area contributed by atoms with Gasteiger partial charge in [-0.3, -0.25) is 14.9 Å². The minimum atomic E-state index is -0.618. The van der Waals surface area contributed by atoms with E-state index >= 15 is 0 Å². The van der Waals surface area contributed by atoms with Crippen molar-refractivity contribution >= 4 is 39.7 Å². The van der Waals surface area contributed by atoms with Gasteiger partial charge in [-0.1, -0.05) is 40.2 Å². The molecule has 0 unspecified atom stereocenters. The molecule has 0 radical (unpaired) electrons. The predicted octanol–water partition coefficient (Wildman–Crippen LogP) is 4.34. The van der Waals surface area contributed by atoms with E-state index in [4.69, 9.17) is 4.74 Å². The Hall–Kier alpha value is -3.85. The summed E-state index contributed by atoms with van der Waals surface area (Å²) < 4.78 is 6.15. The first kappa shape index (κ1) is 20.9. The average molecular weight is 468 g/mol. The summed E-state index contributed by atoms with van der Waals surface area (Å²) in [6, 6.07) is 18.7. The van der Waals surface area contributed by atoms with Crippen LogP contribution in [-0.2, 0) is 0 Å². The van der Waals surface area contributed by atoms with Crippen molar-refractivity contribution in [2.75, 3.05) is 0 Å². The molecule has 1 amide bonds. The third-order valence-electron chi connectivity index (χ3n) is 3.87. The van der Waals surface area contributed by atoms with Gasteiger partial charge in [0.2, 0.25) is 0 Å². The van der Waals surface area contributed by atoms with Crippen molar-refractivity contribution in [2.45, 2.75) is 0 Å². The summed E-state index contributed by atoms with van der Waals surface area (Å²) in [5.74, 6) is -0.901. The molecule has 150 valence electrons. The van der Waals surface area contributed by atoms with E-state index in [1.54, 1.807) is 48.5 Å². The number of halogens is 1. The van der Waals surface area contributed by atoms with E-state index in [9.17, 15) is 19.7 Å². The molecule has 0 spiro atoms. The van der Waals surface area contributed by atoms with Gasteiger partial charge in [-0.2, -0.15) is 5.10 Å². The summed E-state index contributed by atoms with van der Waals surface area (Å²) in [5.41, 5.74) is 3.02. The molecule has 0 atom stereocenters. The van der Waals surface area contributed by atoms with Gasteiger partial charge in [0, 0.05) is 27.7 Å². The van der Waals surface area contributed by atoms with Crippen LogP contribution in [0.25, 0.3) is 0 Å². The van der Waals surface area contributed by atoms with Crippen LogP contribution in [0, 0.1) is 10.1 Å². The van der Waals surface area contributed by atoms with Gasteiger partial charge in [0.1, 0.15) is 5.75 Å². The topological polar surface area (TPSA) is 111 Å². The van der Waals surface area contributed by atoms with Gasteiger partial charge in [0.15, 0.2) is 0 Å². The highest BCUT2D eigenvalue weighted by molar-refractivity contribution is 9.10. The summed E-state index contributed by atoms with van der Waals surface area (Å²) in [6.07, 6.45) is 1.31. The fourth-order valence-corrected chi connectivity index (χ4v) is 2.81. The molecule has 8 nitrogen and oxygen atoms in total. The molecule has 0 heterocycles. The number of hydrogen-bond acceptors (Lipinski definition) is 6. The van der Waals surface area contributed by atoms with Gasteiger partial charge < -0.3 is 4.74 Å². The van der Waals surface area contributed by atoms with Crippen LogP contribution >= 0.6 is 15.9 Å². The summed E-state index contributed by atoms with van der Waals surface area (Å²) in [4.78, 5) is 34.7. The second-order valence-electron chi connectivity index (χ2n) is 5.94. The molecule has 0 aromatic heterocycles. The number of nitrogens with zero attached hydrogens (tertiary/aromatic N) is 2. The first-order valence-electron chi connectivity index (χ1n) is 8.58. The number of hydrogen-bond donors (Lipinski definition) is 1. The van der Waals surface area contributed by atoms with E-state index in [1.807, 2.05) is 0 Å². The van der Waals surface area contributed by atoms with E-state index in [2.05, 4.69) is 26.5 Å². The fraction of sp³-hybridized carbons (Fsp3) is 0. The second-order valence-corrected chi connectivity index (χ2v) is 6.86. The van der Waals surface area contributed by atoms with Crippen molar-refractivity contribution in [3.8, 4) is 5.75 Å². The third kappa shape index (κ3) is 5.36. The van der Waals surface area contributed by atoms with Gasteiger partial charge in [0.05, 0.1) is 16.7 Å². The standard InChI is InChI=1S/C21H14BrN3O5/c22-17-9-10-19(30-21(27)14-5-2-1-3-6-14)16(11-17)13-23-24-20(26)15-7-4-8-18(12-15)25(28)29/h1-13H,(H,24,26)/b23-13+. The zero-order chi connectivity index (χ0) is 21.5. The van der Waals surface area contributed by atoms with Crippen LogP contribution in [0.15, 0.2) is 82.4 Å². The minimum Gasteiger partial charge on any atom is -0.422 e. The first-order chi connectivity index (χ1) is 14.4. The molecule has 0 aliphatic carbocycles. The number of ether oxygens (including phenoxy) is 1. The van der Waals surface area contributed by atoms with Crippen LogP contribution < -0.4 is 10.2 Å². The molecule has 0 aliphatic heterocycles. The monoisotopic (exact) mass is 467 g/mol. The molecule has 30 heavy (non-hydrogen) atoms. The molecule has 0 saturated carbocycles. The highest BCUT2D eigenvalue weighted by Gasteiger charge is 2.12. The Balaban J connectivity index is 1.74. The summed E-state index contributed by atoms with van der Waals surface area (Å²) >= 11 is 3.33. The van der Waals surface area contributed by atoms with Gasteiger partial charge in [-0.15, -0.1) is 0 Å². The van der Waals surface area contributed by atoms with Crippen molar-refractivity contribution in [3.05, 3.63) is 104 Å². The average Bonchev–Trinajstić information content (AvgIpc) is 2.76. The number of hydrazone groups is 1. The van der Waals surface area contributed by atoms with Crippen molar-refractivity contribution in [1.82, 2.24) is 5.43 Å². The van der Waals surface area contributed by atoms with E-state index < -0.39 is 16.8 Å². The van der Waals surface area contributed by atoms with E-state index in [1.165, 1.54) is 24.4 Å². The molecule has 9 heteroatoms. The van der Waals surface area contributed by atoms with Crippen molar-refractivity contribution < 1.29 is 19.2 Å². The Morgan fingerprint density at radius 3 is 2.47 bits per heavy atom. The molecule has 3 aromatic carbocycles. The Morgan fingerprint density at radius 2 is 1.73 bits per heavy atom. The molecule has 0 saturated heterocycles. The number of rotatable bonds is 6. The quantitative estimate of drug-likeness (QED) is 0.190. The number of nitro groups is 1. The largest absolute Gasteiger partial charge is 0.422 e. The smallest absolute Gasteiger partial charge is 0.343 e. The van der Waals surface area contributed by atoms with Gasteiger partial charge in [-0.25, -0.2) is 10.2 Å². The SMILES string of the molecule is O=C(N/N=C/c1cc(Br)ccc1OC(=O)c1ccccc1)c1cccc([N+](=O)[O-])c1. The number of non-ortho nitro benzene ring substituents is 1. The second kappa shape index (κ2) is 9.57. The van der Waals surface area contributed by atoms with Crippen LogP contribution in [0.1, 0.15) is 26.3 Å². The summed E-state index contributed by atoms with van der Waals surface area (Å²) in [5, 5.41) is 14.7. The molecule has 0 aliphatic rings. The first-order valence-corrected chi connectivity index (χ1v) is 9.38. The van der Waals surface area contributed by atoms with Crippen LogP contribution in [0.4, 0.5) is 5.69 Å². The molecule has 3 rings (SSSR count). The normalized spacial score (nSPS) is 10.6. The van der Waals surface area contributed by atoms with E-state index in [0.717, 1.165) is 6.07 Å². The van der Waals surface area contributed by atoms with Crippen LogP contribution in [0.3, 0.4) is 0 Å². The maximum absolute atomic E-state index is 12.3. The number of esters is 1. The number of nitrogens with one attached hydrogen (secondary N) is 1. The van der Waals surface area contributed by atoms with Crippen LogP contribution in [0.2, 0.25) is 0 Å². The number of benzene rings is 3. The molecule has 3 aromatic rings.